The summed E-state index contributed by atoms with van der Waals surface area (Å²) in [5, 5.41) is 3.29. The van der Waals surface area contributed by atoms with E-state index in [9.17, 15) is 4.79 Å². The Hall–Kier alpha value is -1.30. The number of rotatable bonds is 8. The molecule has 1 fully saturated rings. The van der Waals surface area contributed by atoms with Gasteiger partial charge in [-0.3, -0.25) is 4.79 Å². The molecular weight excluding hydrogens is 338 g/mol. The Morgan fingerprint density at radius 3 is 2.48 bits per heavy atom. The number of likely N-dealkylation sites (N-methyl/N-ethyl adjacent to an activating group) is 1. The first-order chi connectivity index (χ1) is 11.6. The number of hydrogen-bond donors (Lipinski definition) is 1. The predicted molar refractivity (Wildman–Crippen MR) is 105 cm³/mol. The molecule has 1 amide bonds. The highest BCUT2D eigenvalue weighted by molar-refractivity contribution is 5.85. The van der Waals surface area contributed by atoms with Gasteiger partial charge in [0.25, 0.3) is 0 Å². The van der Waals surface area contributed by atoms with Crippen LogP contribution in [0.25, 0.3) is 0 Å². The molecule has 142 valence electrons. The lowest BCUT2D eigenvalue weighted by atomic mass is 10.1. The van der Waals surface area contributed by atoms with Gasteiger partial charge in [0.2, 0.25) is 5.91 Å². The number of nitrogens with zero attached hydrogens (tertiary/aromatic N) is 2. The Labute approximate surface area is 158 Å². The number of ether oxygens (including phenoxy) is 1. The predicted octanol–water partition coefficient (Wildman–Crippen LogP) is 2.19. The monoisotopic (exact) mass is 369 g/mol. The highest BCUT2D eigenvalue weighted by atomic mass is 35.5. The number of methoxy groups -OCH3 is 1. The number of nitrogens with one attached hydrogen (secondary N) is 1. The summed E-state index contributed by atoms with van der Waals surface area (Å²) >= 11 is 0. The molecule has 2 rings (SSSR count). The summed E-state index contributed by atoms with van der Waals surface area (Å²) in [6.07, 6.45) is 1.60. The molecule has 25 heavy (non-hydrogen) atoms. The van der Waals surface area contributed by atoms with E-state index in [1.54, 1.807) is 7.11 Å². The van der Waals surface area contributed by atoms with Crippen LogP contribution >= 0.6 is 12.4 Å². The lowest BCUT2D eigenvalue weighted by molar-refractivity contribution is -0.132. The van der Waals surface area contributed by atoms with E-state index in [-0.39, 0.29) is 18.3 Å². The zero-order chi connectivity index (χ0) is 17.4. The Balaban J connectivity index is 0.00000312. The van der Waals surface area contributed by atoms with Crippen LogP contribution in [0.1, 0.15) is 25.8 Å². The number of piperazine rings is 1. The molecule has 1 N–H and O–H groups in total. The van der Waals surface area contributed by atoms with E-state index in [2.05, 4.69) is 36.2 Å². The summed E-state index contributed by atoms with van der Waals surface area (Å²) in [7, 11) is 1.69. The lowest BCUT2D eigenvalue weighted by Gasteiger charge is -2.31. The molecule has 0 aliphatic carbocycles. The first-order valence-electron chi connectivity index (χ1n) is 8.99. The molecule has 0 bridgehead atoms. The van der Waals surface area contributed by atoms with Crippen molar-refractivity contribution in [2.75, 3.05) is 46.4 Å². The van der Waals surface area contributed by atoms with Crippen molar-refractivity contribution in [2.24, 2.45) is 0 Å². The second-order valence-electron chi connectivity index (χ2n) is 6.41. The lowest BCUT2D eigenvalue weighted by Crippen LogP contribution is -2.47. The molecule has 0 radical (unpaired) electrons. The van der Waals surface area contributed by atoms with Gasteiger partial charge in [-0.05, 0) is 37.6 Å². The number of amides is 1. The molecule has 0 spiro atoms. The molecule has 1 aliphatic heterocycles. The van der Waals surface area contributed by atoms with Gasteiger partial charge in [-0.25, -0.2) is 0 Å². The van der Waals surface area contributed by atoms with Gasteiger partial charge in [0.15, 0.2) is 0 Å². The average molecular weight is 370 g/mol. The van der Waals surface area contributed by atoms with Gasteiger partial charge in [0.05, 0.1) is 7.11 Å². The van der Waals surface area contributed by atoms with Crippen molar-refractivity contribution in [3.05, 3.63) is 29.8 Å². The Morgan fingerprint density at radius 2 is 1.92 bits per heavy atom. The highest BCUT2D eigenvalue weighted by Crippen LogP contribution is 2.15. The van der Waals surface area contributed by atoms with Crippen LogP contribution < -0.4 is 10.1 Å². The van der Waals surface area contributed by atoms with Crippen LogP contribution in [0.2, 0.25) is 0 Å². The first kappa shape index (κ1) is 21.7. The summed E-state index contributed by atoms with van der Waals surface area (Å²) in [5.41, 5.74) is 1.30. The maximum Gasteiger partial charge on any atom is 0.223 e. The topological polar surface area (TPSA) is 44.8 Å². The van der Waals surface area contributed by atoms with Crippen LogP contribution in [0, 0.1) is 0 Å². The third kappa shape index (κ3) is 6.84. The summed E-state index contributed by atoms with van der Waals surface area (Å²) in [4.78, 5) is 16.7. The number of benzene rings is 1. The standard InChI is InChI=1S/C19H31N3O2.ClH/c1-4-21(12-9-19(23)22-13-10-20-11-14-22)16(2)15-17-5-7-18(24-3)8-6-17;/h5-8,16,20H,4,9-15H2,1-3H3;1H. The largest absolute Gasteiger partial charge is 0.497 e. The molecule has 0 aromatic heterocycles. The molecule has 6 heteroatoms. The maximum atomic E-state index is 12.3. The minimum atomic E-state index is 0. The van der Waals surface area contributed by atoms with Gasteiger partial charge in [0, 0.05) is 45.2 Å². The molecule has 1 aromatic rings. The van der Waals surface area contributed by atoms with Gasteiger partial charge in [-0.15, -0.1) is 12.4 Å². The molecule has 1 aromatic carbocycles. The van der Waals surface area contributed by atoms with Crippen molar-refractivity contribution in [1.82, 2.24) is 15.1 Å². The van der Waals surface area contributed by atoms with Crippen molar-refractivity contribution in [1.29, 1.82) is 0 Å². The molecule has 1 atom stereocenters. The molecule has 1 aliphatic rings. The third-order valence-electron chi connectivity index (χ3n) is 4.80. The fourth-order valence-electron chi connectivity index (χ4n) is 3.23. The van der Waals surface area contributed by atoms with Gasteiger partial charge in [0.1, 0.15) is 5.75 Å². The zero-order valence-corrected chi connectivity index (χ0v) is 16.5. The van der Waals surface area contributed by atoms with Crippen LogP contribution in [0.3, 0.4) is 0 Å². The van der Waals surface area contributed by atoms with Crippen LogP contribution in [0.5, 0.6) is 5.75 Å². The van der Waals surface area contributed by atoms with Crippen LogP contribution in [0.15, 0.2) is 24.3 Å². The summed E-state index contributed by atoms with van der Waals surface area (Å²) < 4.78 is 5.21. The van der Waals surface area contributed by atoms with Crippen molar-refractivity contribution in [2.45, 2.75) is 32.7 Å². The molecule has 1 saturated heterocycles. The van der Waals surface area contributed by atoms with E-state index in [0.717, 1.165) is 51.4 Å². The number of hydrogen-bond acceptors (Lipinski definition) is 4. The third-order valence-corrected chi connectivity index (χ3v) is 4.80. The molecule has 1 unspecified atom stereocenters. The Kier molecular flexibility index (Phi) is 9.86. The minimum absolute atomic E-state index is 0. The SMILES string of the molecule is CCN(CCC(=O)N1CCNCC1)C(C)Cc1ccc(OC)cc1.Cl. The van der Waals surface area contributed by atoms with Crippen LogP contribution in [-0.2, 0) is 11.2 Å². The highest BCUT2D eigenvalue weighted by Gasteiger charge is 2.19. The maximum absolute atomic E-state index is 12.3. The summed E-state index contributed by atoms with van der Waals surface area (Å²) in [5.74, 6) is 1.17. The molecular formula is C19H32ClN3O2. The smallest absolute Gasteiger partial charge is 0.223 e. The van der Waals surface area contributed by atoms with Gasteiger partial charge >= 0.3 is 0 Å². The quantitative estimate of drug-likeness (QED) is 0.763. The van der Waals surface area contributed by atoms with Gasteiger partial charge in [-0.2, -0.15) is 0 Å². The van der Waals surface area contributed by atoms with E-state index in [1.165, 1.54) is 5.56 Å². The second-order valence-corrected chi connectivity index (χ2v) is 6.41. The van der Waals surface area contributed by atoms with Crippen LogP contribution in [-0.4, -0.2) is 68.1 Å². The fraction of sp³-hybridized carbons (Fsp3) is 0.632. The number of carbonyl (C=O) groups excluding carboxylic acids is 1. The van der Waals surface area contributed by atoms with E-state index in [1.807, 2.05) is 17.0 Å². The van der Waals surface area contributed by atoms with Gasteiger partial charge in [-0.1, -0.05) is 19.1 Å². The van der Waals surface area contributed by atoms with Gasteiger partial charge < -0.3 is 19.9 Å². The Bertz CT molecular complexity index is 504. The molecule has 0 saturated carbocycles. The fourth-order valence-corrected chi connectivity index (χ4v) is 3.23. The second kappa shape index (κ2) is 11.3. The summed E-state index contributed by atoms with van der Waals surface area (Å²) in [6.45, 7) is 9.71. The Morgan fingerprint density at radius 1 is 1.28 bits per heavy atom. The van der Waals surface area contributed by atoms with Crippen molar-refractivity contribution in [3.8, 4) is 5.75 Å². The first-order valence-corrected chi connectivity index (χ1v) is 8.99. The number of carbonyl (C=O) groups is 1. The van der Waals surface area contributed by atoms with Crippen molar-refractivity contribution in [3.63, 3.8) is 0 Å². The van der Waals surface area contributed by atoms with E-state index < -0.39 is 0 Å². The number of halogens is 1. The van der Waals surface area contributed by atoms with E-state index in [0.29, 0.717) is 12.5 Å². The minimum Gasteiger partial charge on any atom is -0.497 e. The summed E-state index contributed by atoms with van der Waals surface area (Å²) in [6, 6.07) is 8.67. The van der Waals surface area contributed by atoms with Crippen molar-refractivity contribution >= 4 is 18.3 Å². The van der Waals surface area contributed by atoms with E-state index >= 15 is 0 Å². The molecule has 5 nitrogen and oxygen atoms in total. The van der Waals surface area contributed by atoms with Crippen LogP contribution in [0.4, 0.5) is 0 Å². The average Bonchev–Trinajstić information content (AvgIpc) is 2.63. The molecule has 1 heterocycles. The zero-order valence-electron chi connectivity index (χ0n) is 15.7. The van der Waals surface area contributed by atoms with E-state index in [4.69, 9.17) is 4.74 Å². The normalized spacial score (nSPS) is 15.6. The van der Waals surface area contributed by atoms with Crippen molar-refractivity contribution < 1.29 is 9.53 Å².